The zero-order valence-corrected chi connectivity index (χ0v) is 26.0. The summed E-state index contributed by atoms with van der Waals surface area (Å²) in [5.41, 5.74) is 12.0. The molecular weight excluding hydrogens is 571 g/mol. The average molecular weight is 604 g/mol. The van der Waals surface area contributed by atoms with Crippen molar-refractivity contribution in [1.29, 1.82) is 0 Å². The van der Waals surface area contributed by atoms with Crippen molar-refractivity contribution in [2.45, 2.75) is 18.4 Å². The van der Waals surface area contributed by atoms with Gasteiger partial charge in [-0.25, -0.2) is 0 Å². The normalized spacial score (nSPS) is 13.7. The van der Waals surface area contributed by atoms with E-state index in [4.69, 9.17) is 4.74 Å². The van der Waals surface area contributed by atoms with Gasteiger partial charge in [0.2, 0.25) is 0 Å². The lowest BCUT2D eigenvalue weighted by atomic mass is 9.65. The third-order valence-electron chi connectivity index (χ3n) is 9.82. The number of hydrogen-bond acceptors (Lipinski definition) is 2. The van der Waals surface area contributed by atoms with Crippen LogP contribution in [0.15, 0.2) is 170 Å². The minimum Gasteiger partial charge on any atom is -0.457 e. The second kappa shape index (κ2) is 11.2. The molecule has 7 aromatic carbocycles. The third kappa shape index (κ3) is 4.48. The summed E-state index contributed by atoms with van der Waals surface area (Å²) < 4.78 is 6.59. The van der Waals surface area contributed by atoms with E-state index in [1.165, 1.54) is 60.8 Å². The highest BCUT2D eigenvalue weighted by Crippen LogP contribution is 2.62. The van der Waals surface area contributed by atoms with Crippen molar-refractivity contribution < 1.29 is 4.74 Å². The first kappa shape index (κ1) is 27.5. The molecule has 2 heteroatoms. The molecular formula is C45H33NO. The van der Waals surface area contributed by atoms with E-state index < -0.39 is 5.41 Å². The fourth-order valence-corrected chi connectivity index (χ4v) is 7.68. The monoisotopic (exact) mass is 603 g/mol. The van der Waals surface area contributed by atoms with Gasteiger partial charge in [-0.05, 0) is 80.4 Å². The highest BCUT2D eigenvalue weighted by atomic mass is 16.5. The van der Waals surface area contributed by atoms with Crippen LogP contribution >= 0.6 is 0 Å². The molecule has 0 aromatic heterocycles. The van der Waals surface area contributed by atoms with Crippen LogP contribution in [0.4, 0.5) is 0 Å². The highest BCUT2D eigenvalue weighted by Gasteiger charge is 2.51. The largest absolute Gasteiger partial charge is 0.457 e. The Balaban J connectivity index is 1.22. The standard InChI is InChI=1S/C45H33NO/c1-3-13-32(14-4-1)30-46-42(33-15-5-2-6-16-33)26-24-31-23-25-36-37-28-34-17-7-8-18-35(34)29-41(37)45(40(36)27-31)38-19-9-11-21-43(38)47-44-22-12-10-20-39(44)45/h1-23,25-29,46H,24,30H2/b42-26-. The number of para-hydroxylation sites is 2. The molecule has 0 saturated heterocycles. The number of ether oxygens (including phenoxy) is 1. The smallest absolute Gasteiger partial charge is 0.132 e. The predicted molar refractivity (Wildman–Crippen MR) is 193 cm³/mol. The molecule has 0 bridgehead atoms. The second-order valence-electron chi connectivity index (χ2n) is 12.5. The van der Waals surface area contributed by atoms with Crippen molar-refractivity contribution in [3.8, 4) is 22.6 Å². The molecule has 1 N–H and O–H groups in total. The summed E-state index contributed by atoms with van der Waals surface area (Å²) in [5.74, 6) is 1.83. The van der Waals surface area contributed by atoms with Crippen LogP contribution in [0, 0.1) is 0 Å². The van der Waals surface area contributed by atoms with Crippen LogP contribution in [0.3, 0.4) is 0 Å². The summed E-state index contributed by atoms with van der Waals surface area (Å²) in [6.45, 7) is 0.769. The summed E-state index contributed by atoms with van der Waals surface area (Å²) in [4.78, 5) is 0. The van der Waals surface area contributed by atoms with E-state index in [1.54, 1.807) is 0 Å². The summed E-state index contributed by atoms with van der Waals surface area (Å²) in [6, 6.07) is 59.0. The van der Waals surface area contributed by atoms with E-state index in [9.17, 15) is 0 Å². The number of nitrogens with one attached hydrogen (secondary N) is 1. The van der Waals surface area contributed by atoms with Gasteiger partial charge in [-0.3, -0.25) is 0 Å². The zero-order valence-electron chi connectivity index (χ0n) is 26.0. The van der Waals surface area contributed by atoms with Crippen LogP contribution < -0.4 is 10.1 Å². The quantitative estimate of drug-likeness (QED) is 0.204. The number of allylic oxidation sites excluding steroid dienone is 1. The number of hydrogen-bond donors (Lipinski definition) is 1. The molecule has 2 aliphatic rings. The van der Waals surface area contributed by atoms with Crippen molar-refractivity contribution in [2.75, 3.05) is 0 Å². The molecule has 2 nitrogen and oxygen atoms in total. The minimum atomic E-state index is -0.492. The van der Waals surface area contributed by atoms with Gasteiger partial charge in [0, 0.05) is 23.4 Å². The SMILES string of the molecule is C(/Cc1ccc2c(c1)C1(c3ccccc3Oc3ccccc31)c1cc3ccccc3cc1-2)=C(/NCc1ccccc1)c1ccccc1. The topological polar surface area (TPSA) is 21.3 Å². The molecule has 0 saturated carbocycles. The Hall–Kier alpha value is -5.86. The minimum absolute atomic E-state index is 0.492. The molecule has 224 valence electrons. The molecule has 1 heterocycles. The molecule has 47 heavy (non-hydrogen) atoms. The van der Waals surface area contributed by atoms with Gasteiger partial charge in [0.1, 0.15) is 11.5 Å². The lowest BCUT2D eigenvalue weighted by Gasteiger charge is -2.39. The van der Waals surface area contributed by atoms with Gasteiger partial charge in [0.05, 0.1) is 5.41 Å². The van der Waals surface area contributed by atoms with E-state index in [0.717, 1.165) is 30.2 Å². The van der Waals surface area contributed by atoms with E-state index in [2.05, 4.69) is 175 Å². The lowest BCUT2D eigenvalue weighted by Crippen LogP contribution is -2.32. The zero-order chi connectivity index (χ0) is 31.2. The van der Waals surface area contributed by atoms with Gasteiger partial charge in [0.15, 0.2) is 0 Å². The van der Waals surface area contributed by atoms with E-state index in [0.29, 0.717) is 0 Å². The van der Waals surface area contributed by atoms with Crippen molar-refractivity contribution in [3.05, 3.63) is 209 Å². The Labute approximate surface area is 275 Å². The average Bonchev–Trinajstić information content (AvgIpc) is 3.40. The number of rotatable bonds is 6. The fourth-order valence-electron chi connectivity index (χ4n) is 7.68. The van der Waals surface area contributed by atoms with E-state index in [1.807, 2.05) is 0 Å². The molecule has 0 fully saturated rings. The Kier molecular flexibility index (Phi) is 6.53. The van der Waals surface area contributed by atoms with Crippen LogP contribution in [-0.2, 0) is 18.4 Å². The summed E-state index contributed by atoms with van der Waals surface area (Å²) >= 11 is 0. The lowest BCUT2D eigenvalue weighted by molar-refractivity contribution is 0.436. The van der Waals surface area contributed by atoms with Gasteiger partial charge in [-0.2, -0.15) is 0 Å². The molecule has 0 atom stereocenters. The maximum atomic E-state index is 6.59. The molecule has 0 unspecified atom stereocenters. The molecule has 9 rings (SSSR count). The van der Waals surface area contributed by atoms with Crippen LogP contribution in [0.25, 0.3) is 27.6 Å². The Morgan fingerprint density at radius 3 is 1.83 bits per heavy atom. The predicted octanol–water partition coefficient (Wildman–Crippen LogP) is 10.7. The van der Waals surface area contributed by atoms with Crippen molar-refractivity contribution >= 4 is 16.5 Å². The number of benzene rings is 7. The maximum Gasteiger partial charge on any atom is 0.132 e. The van der Waals surface area contributed by atoms with Crippen molar-refractivity contribution in [2.24, 2.45) is 0 Å². The number of fused-ring (bicyclic) bond motifs is 10. The second-order valence-corrected chi connectivity index (χ2v) is 12.5. The molecule has 0 amide bonds. The Morgan fingerprint density at radius 1 is 0.511 bits per heavy atom. The first-order valence-corrected chi connectivity index (χ1v) is 16.4. The van der Waals surface area contributed by atoms with Gasteiger partial charge < -0.3 is 10.1 Å². The van der Waals surface area contributed by atoms with Crippen molar-refractivity contribution in [1.82, 2.24) is 5.32 Å². The fraction of sp³-hybridized carbons (Fsp3) is 0.0667. The van der Waals surface area contributed by atoms with E-state index in [-0.39, 0.29) is 0 Å². The van der Waals surface area contributed by atoms with E-state index >= 15 is 0 Å². The molecule has 1 aliphatic heterocycles. The van der Waals surface area contributed by atoms with Crippen molar-refractivity contribution in [3.63, 3.8) is 0 Å². The Bertz CT molecular complexity index is 2260. The third-order valence-corrected chi connectivity index (χ3v) is 9.82. The maximum absolute atomic E-state index is 6.59. The first-order valence-electron chi connectivity index (χ1n) is 16.4. The van der Waals surface area contributed by atoms with Gasteiger partial charge >= 0.3 is 0 Å². The molecule has 0 radical (unpaired) electrons. The Morgan fingerprint density at radius 2 is 1.11 bits per heavy atom. The van der Waals surface area contributed by atoms with Crippen LogP contribution in [0.1, 0.15) is 38.9 Å². The summed E-state index contributed by atoms with van der Waals surface area (Å²) in [7, 11) is 0. The summed E-state index contributed by atoms with van der Waals surface area (Å²) in [5, 5.41) is 6.24. The van der Waals surface area contributed by atoms with Gasteiger partial charge in [-0.15, -0.1) is 0 Å². The van der Waals surface area contributed by atoms with Gasteiger partial charge in [0.25, 0.3) is 0 Å². The highest BCUT2D eigenvalue weighted by molar-refractivity contribution is 5.96. The molecule has 7 aromatic rings. The van der Waals surface area contributed by atoms with Crippen LogP contribution in [-0.4, -0.2) is 0 Å². The van der Waals surface area contributed by atoms with Crippen LogP contribution in [0.5, 0.6) is 11.5 Å². The van der Waals surface area contributed by atoms with Gasteiger partial charge in [-0.1, -0.05) is 146 Å². The molecule has 1 aliphatic carbocycles. The first-order chi connectivity index (χ1) is 23.3. The van der Waals surface area contributed by atoms with Crippen LogP contribution in [0.2, 0.25) is 0 Å². The summed E-state index contributed by atoms with van der Waals surface area (Å²) in [6.07, 6.45) is 3.14. The molecule has 1 spiro atoms.